The summed E-state index contributed by atoms with van der Waals surface area (Å²) in [6.45, 7) is 1.19. The van der Waals surface area contributed by atoms with E-state index in [0.717, 1.165) is 22.6 Å². The predicted molar refractivity (Wildman–Crippen MR) is 130 cm³/mol. The molecule has 0 spiro atoms. The van der Waals surface area contributed by atoms with E-state index in [1.54, 1.807) is 0 Å². The maximum Gasteiger partial charge on any atom is 0.128 e. The van der Waals surface area contributed by atoms with E-state index in [1.807, 2.05) is 12.1 Å². The zero-order chi connectivity index (χ0) is 19.1. The van der Waals surface area contributed by atoms with Crippen molar-refractivity contribution in [3.05, 3.63) is 102 Å². The lowest BCUT2D eigenvalue weighted by Gasteiger charge is -2.30. The van der Waals surface area contributed by atoms with Gasteiger partial charge in [0.25, 0.3) is 0 Å². The van der Waals surface area contributed by atoms with Crippen LogP contribution < -0.4 is 9.47 Å². The Kier molecular flexibility index (Phi) is 4.92. The highest BCUT2D eigenvalue weighted by atomic mass is 127. The Labute approximate surface area is 191 Å². The summed E-state index contributed by atoms with van der Waals surface area (Å²) < 4.78 is 14.7. The summed E-state index contributed by atoms with van der Waals surface area (Å²) >= 11 is 4.83. The molecule has 2 aliphatic heterocycles. The first-order chi connectivity index (χ1) is 13.7. The molecule has 0 N–H and O–H groups in total. The van der Waals surface area contributed by atoms with Crippen molar-refractivity contribution in [3.63, 3.8) is 0 Å². The minimum atomic E-state index is 0.596. The summed E-state index contributed by atoms with van der Waals surface area (Å²) in [6.07, 6.45) is 0. The lowest BCUT2D eigenvalue weighted by Crippen LogP contribution is -2.16. The Morgan fingerprint density at radius 2 is 0.929 bits per heavy atom. The third-order valence-corrected chi connectivity index (χ3v) is 6.71. The molecule has 0 unspecified atom stereocenters. The fourth-order valence-corrected chi connectivity index (χ4v) is 5.28. The highest BCUT2D eigenvalue weighted by Gasteiger charge is 2.31. The largest absolute Gasteiger partial charge is 0.488 e. The van der Waals surface area contributed by atoms with Crippen LogP contribution in [0.1, 0.15) is 22.3 Å². The van der Waals surface area contributed by atoms with Gasteiger partial charge in [0.1, 0.15) is 24.7 Å². The molecule has 0 aromatic heterocycles. The van der Waals surface area contributed by atoms with Crippen LogP contribution in [0.15, 0.2) is 80.0 Å². The summed E-state index contributed by atoms with van der Waals surface area (Å²) in [4.78, 5) is 0. The van der Waals surface area contributed by atoms with Crippen molar-refractivity contribution >= 4 is 56.3 Å². The van der Waals surface area contributed by atoms with E-state index in [0.29, 0.717) is 13.2 Å². The molecule has 0 radical (unpaired) electrons. The minimum absolute atomic E-state index is 0.596. The summed E-state index contributed by atoms with van der Waals surface area (Å²) in [7, 11) is 0. The average Bonchev–Trinajstić information content (AvgIpc) is 2.74. The van der Waals surface area contributed by atoms with Crippen molar-refractivity contribution in [1.29, 1.82) is 0 Å². The van der Waals surface area contributed by atoms with Crippen LogP contribution in [0.5, 0.6) is 11.5 Å². The first kappa shape index (κ1) is 18.2. The molecule has 0 amide bonds. The van der Waals surface area contributed by atoms with Crippen LogP contribution >= 0.6 is 45.2 Å². The van der Waals surface area contributed by atoms with Gasteiger partial charge in [-0.3, -0.25) is 0 Å². The SMILES string of the molecule is IC1=C(c2ccccc2)c2c(ccc3c2C(c2ccccc2)=C(I)CO3)OC1. The number of ether oxygens (including phenoxy) is 2. The molecule has 138 valence electrons. The predicted octanol–water partition coefficient (Wildman–Crippen LogP) is 6.86. The lowest BCUT2D eigenvalue weighted by molar-refractivity contribution is 0.343. The van der Waals surface area contributed by atoms with Gasteiger partial charge in [-0.05, 0) is 68.4 Å². The molecule has 2 nitrogen and oxygen atoms in total. The molecule has 3 aromatic carbocycles. The molecule has 3 aromatic rings. The number of benzene rings is 3. The first-order valence-electron chi connectivity index (χ1n) is 9.05. The van der Waals surface area contributed by atoms with Crippen molar-refractivity contribution < 1.29 is 9.47 Å². The van der Waals surface area contributed by atoms with Crippen molar-refractivity contribution in [2.45, 2.75) is 0 Å². The van der Waals surface area contributed by atoms with E-state index in [4.69, 9.17) is 9.47 Å². The molecule has 0 fully saturated rings. The van der Waals surface area contributed by atoms with Crippen LogP contribution in [0.2, 0.25) is 0 Å². The highest BCUT2D eigenvalue weighted by Crippen LogP contribution is 2.50. The Balaban J connectivity index is 1.83. The Morgan fingerprint density at radius 1 is 0.536 bits per heavy atom. The van der Waals surface area contributed by atoms with Crippen LogP contribution in [-0.2, 0) is 0 Å². The van der Waals surface area contributed by atoms with Crippen LogP contribution in [0, 0.1) is 0 Å². The highest BCUT2D eigenvalue weighted by molar-refractivity contribution is 14.1. The second-order valence-corrected chi connectivity index (χ2v) is 9.29. The molecule has 0 saturated carbocycles. The molecule has 0 atom stereocenters. The normalized spacial score (nSPS) is 15.5. The van der Waals surface area contributed by atoms with Gasteiger partial charge >= 0.3 is 0 Å². The van der Waals surface area contributed by atoms with Crippen LogP contribution in [0.25, 0.3) is 11.1 Å². The van der Waals surface area contributed by atoms with Gasteiger partial charge in [0.05, 0.1) is 0 Å². The zero-order valence-corrected chi connectivity index (χ0v) is 19.2. The molecule has 4 heteroatoms. The zero-order valence-electron chi connectivity index (χ0n) is 14.9. The van der Waals surface area contributed by atoms with Crippen molar-refractivity contribution in [2.24, 2.45) is 0 Å². The lowest BCUT2D eigenvalue weighted by atomic mass is 9.85. The van der Waals surface area contributed by atoms with E-state index < -0.39 is 0 Å². The number of halogens is 2. The Bertz CT molecular complexity index is 1030. The number of rotatable bonds is 2. The average molecular weight is 590 g/mol. The molecule has 2 heterocycles. The van der Waals surface area contributed by atoms with Crippen molar-refractivity contribution in [2.75, 3.05) is 13.2 Å². The molecular weight excluding hydrogens is 574 g/mol. The van der Waals surface area contributed by atoms with Gasteiger partial charge in [-0.15, -0.1) is 0 Å². The van der Waals surface area contributed by atoms with E-state index in [2.05, 4.69) is 106 Å². The first-order valence-corrected chi connectivity index (χ1v) is 11.2. The second kappa shape index (κ2) is 7.55. The van der Waals surface area contributed by atoms with E-state index in [1.165, 1.54) is 29.4 Å². The molecule has 0 aliphatic carbocycles. The third kappa shape index (κ3) is 3.06. The van der Waals surface area contributed by atoms with Gasteiger partial charge < -0.3 is 9.47 Å². The van der Waals surface area contributed by atoms with Gasteiger partial charge in [-0.2, -0.15) is 0 Å². The number of hydrogen-bond acceptors (Lipinski definition) is 2. The monoisotopic (exact) mass is 590 g/mol. The molecule has 28 heavy (non-hydrogen) atoms. The molecule has 5 rings (SSSR count). The Hall–Kier alpha value is -1.80. The summed E-state index contributed by atoms with van der Waals surface area (Å²) in [5, 5.41) is 0. The van der Waals surface area contributed by atoms with Crippen LogP contribution in [0.3, 0.4) is 0 Å². The molecular formula is C24H16I2O2. The van der Waals surface area contributed by atoms with Gasteiger partial charge in [-0.1, -0.05) is 60.7 Å². The second-order valence-electron chi connectivity index (χ2n) is 6.68. The van der Waals surface area contributed by atoms with Crippen LogP contribution in [-0.4, -0.2) is 13.2 Å². The van der Waals surface area contributed by atoms with Crippen molar-refractivity contribution in [3.8, 4) is 11.5 Å². The Morgan fingerprint density at radius 3 is 1.32 bits per heavy atom. The summed E-state index contributed by atoms with van der Waals surface area (Å²) in [5.74, 6) is 1.84. The summed E-state index contributed by atoms with van der Waals surface area (Å²) in [6, 6.07) is 25.2. The van der Waals surface area contributed by atoms with E-state index in [-0.39, 0.29) is 0 Å². The molecule has 2 aliphatic rings. The minimum Gasteiger partial charge on any atom is -0.488 e. The van der Waals surface area contributed by atoms with E-state index in [9.17, 15) is 0 Å². The smallest absolute Gasteiger partial charge is 0.128 e. The maximum atomic E-state index is 6.13. The number of fused-ring (bicyclic) bond motifs is 3. The molecule has 0 bridgehead atoms. The fourth-order valence-electron chi connectivity index (χ4n) is 3.81. The summed E-state index contributed by atoms with van der Waals surface area (Å²) in [5.41, 5.74) is 7.15. The van der Waals surface area contributed by atoms with Crippen molar-refractivity contribution in [1.82, 2.24) is 0 Å². The third-order valence-electron chi connectivity index (χ3n) is 5.01. The number of hydrogen-bond donors (Lipinski definition) is 0. The van der Waals surface area contributed by atoms with Gasteiger partial charge in [0.15, 0.2) is 0 Å². The van der Waals surface area contributed by atoms with Gasteiger partial charge in [0.2, 0.25) is 0 Å². The van der Waals surface area contributed by atoms with E-state index >= 15 is 0 Å². The van der Waals surface area contributed by atoms with Crippen LogP contribution in [0.4, 0.5) is 0 Å². The topological polar surface area (TPSA) is 18.5 Å². The quantitative estimate of drug-likeness (QED) is 0.304. The maximum absolute atomic E-state index is 6.13. The van der Waals surface area contributed by atoms with Gasteiger partial charge in [0, 0.05) is 29.4 Å². The standard InChI is InChI=1S/C24H16I2O2/c25-17-13-27-19-11-12-20-24(23(19)21(17)15-7-3-1-4-8-15)22(18(26)14-28-20)16-9-5-2-6-10-16/h1-12H,13-14H2. The fraction of sp³-hybridized carbons (Fsp3) is 0.0833. The molecule has 0 saturated heterocycles. The van der Waals surface area contributed by atoms with Gasteiger partial charge in [-0.25, -0.2) is 0 Å².